The minimum absolute atomic E-state index is 0.396. The SMILES string of the molecule is CCCCn1ncc(C#N)c1N=Nc1cnn(C)c1N. The van der Waals surface area contributed by atoms with Crippen molar-refractivity contribution in [2.75, 3.05) is 5.73 Å². The second-order valence-corrected chi connectivity index (χ2v) is 4.31. The van der Waals surface area contributed by atoms with E-state index < -0.39 is 0 Å². The molecule has 0 aliphatic carbocycles. The molecule has 0 aliphatic heterocycles. The Morgan fingerprint density at radius 1 is 1.35 bits per heavy atom. The number of nitriles is 1. The molecule has 0 saturated heterocycles. The minimum atomic E-state index is 0.396. The molecule has 2 heterocycles. The topological polar surface area (TPSA) is 110 Å². The Morgan fingerprint density at radius 3 is 2.75 bits per heavy atom. The van der Waals surface area contributed by atoms with Crippen LogP contribution in [0.4, 0.5) is 17.3 Å². The zero-order chi connectivity index (χ0) is 14.5. The number of nitrogens with zero attached hydrogens (tertiary/aromatic N) is 7. The Balaban J connectivity index is 2.30. The molecule has 104 valence electrons. The number of hydrogen-bond donors (Lipinski definition) is 1. The number of azo groups is 1. The summed E-state index contributed by atoms with van der Waals surface area (Å²) < 4.78 is 3.19. The summed E-state index contributed by atoms with van der Waals surface area (Å²) in [4.78, 5) is 0. The van der Waals surface area contributed by atoms with Crippen LogP contribution in [-0.2, 0) is 13.6 Å². The molecule has 0 aliphatic rings. The fraction of sp³-hybridized carbons (Fsp3) is 0.417. The van der Waals surface area contributed by atoms with Crippen LogP contribution in [-0.4, -0.2) is 19.6 Å². The first-order chi connectivity index (χ1) is 9.67. The van der Waals surface area contributed by atoms with Crippen molar-refractivity contribution in [3.63, 3.8) is 0 Å². The summed E-state index contributed by atoms with van der Waals surface area (Å²) >= 11 is 0. The molecule has 0 bridgehead atoms. The average molecular weight is 272 g/mol. The summed E-state index contributed by atoms with van der Waals surface area (Å²) in [5, 5.41) is 25.4. The largest absolute Gasteiger partial charge is 0.382 e. The Kier molecular flexibility index (Phi) is 4.10. The lowest BCUT2D eigenvalue weighted by Gasteiger charge is -2.01. The van der Waals surface area contributed by atoms with E-state index in [1.165, 1.54) is 17.1 Å². The first-order valence-electron chi connectivity index (χ1n) is 6.32. The molecule has 0 fully saturated rings. The van der Waals surface area contributed by atoms with Gasteiger partial charge < -0.3 is 5.73 Å². The molecule has 0 saturated carbocycles. The second kappa shape index (κ2) is 5.97. The maximum atomic E-state index is 9.07. The van der Waals surface area contributed by atoms with Gasteiger partial charge in [-0.25, -0.2) is 4.68 Å². The van der Waals surface area contributed by atoms with Crippen molar-refractivity contribution >= 4 is 17.3 Å². The zero-order valence-corrected chi connectivity index (χ0v) is 11.5. The van der Waals surface area contributed by atoms with Gasteiger partial charge in [-0.2, -0.15) is 15.5 Å². The van der Waals surface area contributed by atoms with Gasteiger partial charge in [0.15, 0.2) is 5.82 Å². The molecule has 0 spiro atoms. The molecule has 0 aromatic carbocycles. The van der Waals surface area contributed by atoms with Crippen molar-refractivity contribution in [3.05, 3.63) is 18.0 Å². The van der Waals surface area contributed by atoms with Gasteiger partial charge in [-0.1, -0.05) is 13.3 Å². The fourth-order valence-corrected chi connectivity index (χ4v) is 1.65. The lowest BCUT2D eigenvalue weighted by Crippen LogP contribution is -1.99. The number of nitrogen functional groups attached to an aromatic ring is 1. The summed E-state index contributed by atoms with van der Waals surface area (Å²) in [7, 11) is 1.72. The second-order valence-electron chi connectivity index (χ2n) is 4.31. The molecule has 2 aromatic heterocycles. The number of rotatable bonds is 5. The van der Waals surface area contributed by atoms with Crippen LogP contribution in [0.3, 0.4) is 0 Å². The lowest BCUT2D eigenvalue weighted by molar-refractivity contribution is 0.573. The van der Waals surface area contributed by atoms with Gasteiger partial charge in [0.2, 0.25) is 0 Å². The highest BCUT2D eigenvalue weighted by Crippen LogP contribution is 2.25. The van der Waals surface area contributed by atoms with E-state index in [1.807, 2.05) is 0 Å². The van der Waals surface area contributed by atoms with Crippen molar-refractivity contribution in [1.29, 1.82) is 5.26 Å². The molecule has 2 N–H and O–H groups in total. The predicted octanol–water partition coefficient (Wildman–Crippen LogP) is 2.29. The molecule has 0 radical (unpaired) electrons. The Bertz CT molecular complexity index is 658. The predicted molar refractivity (Wildman–Crippen MR) is 73.6 cm³/mol. The lowest BCUT2D eigenvalue weighted by atomic mass is 10.3. The summed E-state index contributed by atoms with van der Waals surface area (Å²) in [6.45, 7) is 2.79. The third kappa shape index (κ3) is 2.66. The van der Waals surface area contributed by atoms with Crippen LogP contribution in [0, 0.1) is 11.3 Å². The maximum Gasteiger partial charge on any atom is 0.191 e. The smallest absolute Gasteiger partial charge is 0.191 e. The highest BCUT2D eigenvalue weighted by molar-refractivity contribution is 5.56. The summed E-state index contributed by atoms with van der Waals surface area (Å²) in [5.74, 6) is 0.871. The average Bonchev–Trinajstić information content (AvgIpc) is 2.99. The third-order valence-electron chi connectivity index (χ3n) is 2.87. The van der Waals surface area contributed by atoms with E-state index in [4.69, 9.17) is 11.0 Å². The standard InChI is InChI=1S/C12H16N8/c1-3-4-5-20-12(9(6-13)7-16-20)18-17-10-8-15-19(2)11(10)14/h7-8H,3-5,14H2,1-2H3. The molecule has 0 amide bonds. The van der Waals surface area contributed by atoms with Crippen LogP contribution in [0.2, 0.25) is 0 Å². The third-order valence-corrected chi connectivity index (χ3v) is 2.87. The van der Waals surface area contributed by atoms with Crippen molar-refractivity contribution in [3.8, 4) is 6.07 Å². The van der Waals surface area contributed by atoms with E-state index in [1.54, 1.807) is 11.7 Å². The quantitative estimate of drug-likeness (QED) is 0.841. The highest BCUT2D eigenvalue weighted by Gasteiger charge is 2.10. The highest BCUT2D eigenvalue weighted by atomic mass is 15.4. The van der Waals surface area contributed by atoms with E-state index >= 15 is 0 Å². The molecule has 0 atom stereocenters. The molecule has 0 unspecified atom stereocenters. The first-order valence-corrected chi connectivity index (χ1v) is 6.32. The fourth-order valence-electron chi connectivity index (χ4n) is 1.65. The normalized spacial score (nSPS) is 11.1. The molecular formula is C12H16N8. The summed E-state index contributed by atoms with van der Waals surface area (Å²) in [6, 6.07) is 2.06. The number of hydrogen-bond acceptors (Lipinski definition) is 6. The number of aromatic nitrogens is 4. The van der Waals surface area contributed by atoms with Gasteiger partial charge in [0.25, 0.3) is 0 Å². The van der Waals surface area contributed by atoms with Gasteiger partial charge in [-0.15, -0.1) is 10.2 Å². The molecule has 8 heteroatoms. The summed E-state index contributed by atoms with van der Waals surface area (Å²) in [5.41, 5.74) is 6.66. The van der Waals surface area contributed by atoms with Crippen LogP contribution < -0.4 is 5.73 Å². The molecular weight excluding hydrogens is 256 g/mol. The van der Waals surface area contributed by atoms with E-state index in [9.17, 15) is 0 Å². The van der Waals surface area contributed by atoms with Crippen molar-refractivity contribution in [1.82, 2.24) is 19.6 Å². The van der Waals surface area contributed by atoms with Crippen molar-refractivity contribution < 1.29 is 0 Å². The summed E-state index contributed by atoms with van der Waals surface area (Å²) in [6.07, 6.45) is 5.02. The molecule has 20 heavy (non-hydrogen) atoms. The number of aryl methyl sites for hydroxylation is 2. The first kappa shape index (κ1) is 13.7. The number of nitrogens with two attached hydrogens (primary N) is 1. The molecule has 2 aromatic rings. The number of unbranched alkanes of at least 4 members (excludes halogenated alkanes) is 1. The van der Waals surface area contributed by atoms with Gasteiger partial charge in [0.1, 0.15) is 23.1 Å². The maximum absolute atomic E-state index is 9.07. The van der Waals surface area contributed by atoms with Gasteiger partial charge in [0, 0.05) is 13.6 Å². The zero-order valence-electron chi connectivity index (χ0n) is 11.5. The monoisotopic (exact) mass is 272 g/mol. The van der Waals surface area contributed by atoms with Crippen LogP contribution in [0.15, 0.2) is 22.6 Å². The Morgan fingerprint density at radius 2 is 2.15 bits per heavy atom. The van der Waals surface area contributed by atoms with Crippen LogP contribution in [0.25, 0.3) is 0 Å². The van der Waals surface area contributed by atoms with E-state index in [-0.39, 0.29) is 0 Å². The van der Waals surface area contributed by atoms with Crippen LogP contribution in [0.5, 0.6) is 0 Å². The minimum Gasteiger partial charge on any atom is -0.382 e. The van der Waals surface area contributed by atoms with Gasteiger partial charge in [-0.3, -0.25) is 4.68 Å². The molecule has 2 rings (SSSR count). The van der Waals surface area contributed by atoms with E-state index in [0.29, 0.717) is 29.4 Å². The van der Waals surface area contributed by atoms with Gasteiger partial charge in [-0.05, 0) is 6.42 Å². The van der Waals surface area contributed by atoms with E-state index in [2.05, 4.69) is 33.4 Å². The molecule has 8 nitrogen and oxygen atoms in total. The Labute approximate surface area is 116 Å². The van der Waals surface area contributed by atoms with Crippen LogP contribution >= 0.6 is 0 Å². The van der Waals surface area contributed by atoms with Gasteiger partial charge >= 0.3 is 0 Å². The number of anilines is 1. The van der Waals surface area contributed by atoms with Crippen molar-refractivity contribution in [2.45, 2.75) is 26.3 Å². The Hall–Kier alpha value is -2.69. The van der Waals surface area contributed by atoms with Gasteiger partial charge in [0.05, 0.1) is 12.4 Å². The van der Waals surface area contributed by atoms with E-state index in [0.717, 1.165) is 12.8 Å². The van der Waals surface area contributed by atoms with Crippen molar-refractivity contribution in [2.24, 2.45) is 17.3 Å². The van der Waals surface area contributed by atoms with Crippen LogP contribution in [0.1, 0.15) is 25.3 Å².